The fourth-order valence-electron chi connectivity index (χ4n) is 10.3. The van der Waals surface area contributed by atoms with Gasteiger partial charge < -0.3 is 38.8 Å². The van der Waals surface area contributed by atoms with Crippen LogP contribution in [0.4, 0.5) is 4.79 Å². The first-order valence-electron chi connectivity index (χ1n) is 23.7. The van der Waals surface area contributed by atoms with Gasteiger partial charge in [0.05, 0.1) is 60.1 Å². The van der Waals surface area contributed by atoms with E-state index in [1.807, 2.05) is 32.2 Å². The third kappa shape index (κ3) is 13.2. The molecule has 0 radical (unpaired) electrons. The number of hydrazine groups is 1. The number of methoxy groups -OCH3 is 1. The van der Waals surface area contributed by atoms with Crippen LogP contribution in [-0.4, -0.2) is 148 Å². The second-order valence-electron chi connectivity index (χ2n) is 19.5. The number of esters is 1. The predicted molar refractivity (Wildman–Crippen MR) is 310 cm³/mol. The summed E-state index contributed by atoms with van der Waals surface area (Å²) in [5.74, 6) is -1.98. The van der Waals surface area contributed by atoms with Crippen molar-refractivity contribution in [3.8, 4) is 22.5 Å². The highest BCUT2D eigenvalue weighted by atomic mass is 32.1. The van der Waals surface area contributed by atoms with Crippen LogP contribution >= 0.6 is 78.8 Å². The number of benzene rings is 1. The zero-order chi connectivity index (χ0) is 48.6. The van der Waals surface area contributed by atoms with Gasteiger partial charge in [0, 0.05) is 85.8 Å². The van der Waals surface area contributed by atoms with Gasteiger partial charge in [-0.1, -0.05) is 40.3 Å². The van der Waals surface area contributed by atoms with Crippen molar-refractivity contribution in [1.82, 2.24) is 45.0 Å². The molecule has 17 nitrogen and oxygen atoms in total. The quantitative estimate of drug-likeness (QED) is 0.150. The van der Waals surface area contributed by atoms with Gasteiger partial charge in [-0.05, 0) is 74.9 Å². The van der Waals surface area contributed by atoms with Crippen LogP contribution < -0.4 is 10.7 Å². The Balaban J connectivity index is 0.00000281. The summed E-state index contributed by atoms with van der Waals surface area (Å²) >= 11 is 1.40. The van der Waals surface area contributed by atoms with Crippen molar-refractivity contribution in [2.75, 3.05) is 53.6 Å². The maximum absolute atomic E-state index is 14.7. The third-order valence-electron chi connectivity index (χ3n) is 13.8. The van der Waals surface area contributed by atoms with Crippen LogP contribution in [0, 0.1) is 11.3 Å². The molecule has 6 atom stereocenters. The molecule has 4 aliphatic rings. The summed E-state index contributed by atoms with van der Waals surface area (Å²) in [6.45, 7) is 18.0. The maximum Gasteiger partial charge on any atom is 0.324 e. The smallest absolute Gasteiger partial charge is 0.324 e. The second kappa shape index (κ2) is 26.7. The number of aromatic nitrogens is 3. The number of fused-ring (bicyclic) bond motifs is 7. The highest BCUT2D eigenvalue weighted by molar-refractivity contribution is 7.60. The largest absolute Gasteiger partial charge is 0.464 e. The lowest BCUT2D eigenvalue weighted by atomic mass is 9.84. The van der Waals surface area contributed by atoms with Crippen molar-refractivity contribution in [2.45, 2.75) is 110 Å². The normalized spacial score (nSPS) is 21.3. The Morgan fingerprint density at radius 1 is 1.08 bits per heavy atom. The molecule has 0 saturated carbocycles. The molecule has 5 amide bonds. The van der Waals surface area contributed by atoms with E-state index in [0.717, 1.165) is 44.7 Å². The molecule has 3 fully saturated rings. The molecule has 23 heteroatoms. The SMILES string of the molecule is C=CC(=O)N1CCO[C@H]2CN(C(=O)N(C)[C@H](C(=O)N[C@H]3Cc4nc(cs4)-c4ccc5c(c4)c(c(-c4cccnc4[C@H](C)OC)n5CC)CC(C)(C)COC(=O)[C@@H]4CCCN(N4)C3=O)C(C)C)C[C@H]21.S.S.S.S.S. The van der Waals surface area contributed by atoms with E-state index in [1.165, 1.54) is 27.3 Å². The molecule has 0 spiro atoms. The Kier molecular flexibility index (Phi) is 23.2. The fraction of sp³-hybridized carbons (Fsp3) is 0.540. The highest BCUT2D eigenvalue weighted by Gasteiger charge is 2.46. The van der Waals surface area contributed by atoms with Crippen molar-refractivity contribution in [3.63, 3.8) is 0 Å². The molecule has 1 aromatic carbocycles. The zero-order valence-corrected chi connectivity index (χ0v) is 48.8. The number of urea groups is 1. The van der Waals surface area contributed by atoms with Crippen molar-refractivity contribution < 1.29 is 38.2 Å². The van der Waals surface area contributed by atoms with E-state index in [1.54, 1.807) is 30.2 Å². The van der Waals surface area contributed by atoms with Crippen LogP contribution in [-0.2, 0) is 52.8 Å². The van der Waals surface area contributed by atoms with E-state index < -0.39 is 47.4 Å². The minimum atomic E-state index is -1.11. The molecule has 3 saturated heterocycles. The summed E-state index contributed by atoms with van der Waals surface area (Å²) in [7, 11) is 3.27. The molecule has 2 N–H and O–H groups in total. The molecule has 8 rings (SSSR count). The van der Waals surface area contributed by atoms with Crippen LogP contribution in [0.15, 0.2) is 54.6 Å². The summed E-state index contributed by atoms with van der Waals surface area (Å²) < 4.78 is 20.2. The number of nitrogens with zero attached hydrogens (tertiary/aromatic N) is 7. The van der Waals surface area contributed by atoms with Gasteiger partial charge in [-0.2, -0.15) is 67.5 Å². The van der Waals surface area contributed by atoms with Gasteiger partial charge >= 0.3 is 12.0 Å². The first kappa shape index (κ1) is 63.4. The fourth-order valence-corrected chi connectivity index (χ4v) is 11.2. The van der Waals surface area contributed by atoms with Crippen LogP contribution in [0.2, 0.25) is 0 Å². The lowest BCUT2D eigenvalue weighted by Crippen LogP contribution is -2.62. The number of cyclic esters (lactones) is 1. The van der Waals surface area contributed by atoms with Crippen LogP contribution in [0.3, 0.4) is 0 Å². The zero-order valence-electron chi connectivity index (χ0n) is 43.0. The van der Waals surface area contributed by atoms with Gasteiger partial charge in [-0.3, -0.25) is 29.2 Å². The Morgan fingerprint density at radius 2 is 1.82 bits per heavy atom. The van der Waals surface area contributed by atoms with Crippen molar-refractivity contribution in [1.29, 1.82) is 0 Å². The number of likely N-dealkylation sites (tertiary alicyclic amines) is 1. The van der Waals surface area contributed by atoms with Gasteiger partial charge in [0.25, 0.3) is 5.91 Å². The second-order valence-corrected chi connectivity index (χ2v) is 20.4. The summed E-state index contributed by atoms with van der Waals surface area (Å²) in [6.07, 6.45) is 4.05. The molecule has 4 aliphatic heterocycles. The monoisotopic (exact) mass is 1120 g/mol. The standard InChI is InChI=1S/C50H65N9O8S.5H2S/c1-10-42(60)58-20-21-66-40-26-56(25-39(40)58)49(64)55(8)44(29(3)4)46(61)53-36-23-41-52-37(27-68-41)31-16-17-38-33(22-31)34(45(57(38)11-2)32-14-12-18-51-43(32)30(5)65-9)24-50(6,7)28-67-48(63)35-15-13-19-59(54-35)47(36)62;;;;;/h10,12,14,16-18,22,27,29-30,35-36,39-40,44,54H,1,11,13,15,19-21,23-26,28H2,2-9H3,(H,53,61);5*1H2/t30-,35-,36-,39+,40-,44-;;;;;/m0...../s1. The maximum atomic E-state index is 14.7. The van der Waals surface area contributed by atoms with E-state index in [4.69, 9.17) is 24.2 Å². The van der Waals surface area contributed by atoms with Crippen molar-refractivity contribution in [2.24, 2.45) is 11.3 Å². The molecule has 73 heavy (non-hydrogen) atoms. The average Bonchev–Trinajstić information content (AvgIpc) is 4.07. The first-order chi connectivity index (χ1) is 32.5. The number of hydrogen-bond acceptors (Lipinski definition) is 12. The topological polar surface area (TPSA) is 181 Å². The van der Waals surface area contributed by atoms with E-state index in [9.17, 15) is 24.0 Å². The Hall–Kier alpha value is -3.94. The molecule has 7 heterocycles. The number of carbonyl (C=O) groups excluding carboxylic acids is 5. The lowest BCUT2D eigenvalue weighted by Gasteiger charge is -2.37. The molecule has 4 aromatic rings. The average molecular weight is 1120 g/mol. The molecule has 0 aliphatic carbocycles. The number of ether oxygens (including phenoxy) is 3. The molecule has 3 aromatic heterocycles. The van der Waals surface area contributed by atoms with E-state index in [0.29, 0.717) is 50.5 Å². The number of rotatable bonds is 9. The van der Waals surface area contributed by atoms with Gasteiger partial charge in [-0.15, -0.1) is 11.3 Å². The van der Waals surface area contributed by atoms with Gasteiger partial charge in [0.2, 0.25) is 11.8 Å². The summed E-state index contributed by atoms with van der Waals surface area (Å²) in [5, 5.41) is 8.08. The molecule has 0 unspecified atom stereocenters. The summed E-state index contributed by atoms with van der Waals surface area (Å²) in [4.78, 5) is 84.7. The Morgan fingerprint density at radius 3 is 2.51 bits per heavy atom. The van der Waals surface area contributed by atoms with Gasteiger partial charge in [-0.25, -0.2) is 15.2 Å². The van der Waals surface area contributed by atoms with E-state index in [2.05, 4.69) is 66.9 Å². The van der Waals surface area contributed by atoms with E-state index in [-0.39, 0.29) is 124 Å². The third-order valence-corrected chi connectivity index (χ3v) is 14.7. The molecular formula is C50H75N9O8S6. The number of carbonyl (C=O) groups is 5. The van der Waals surface area contributed by atoms with Crippen molar-refractivity contribution >= 4 is 119 Å². The van der Waals surface area contributed by atoms with Gasteiger partial charge in [0.15, 0.2) is 0 Å². The van der Waals surface area contributed by atoms with Crippen LogP contribution in [0.5, 0.6) is 0 Å². The number of hydrogen-bond donors (Lipinski definition) is 2. The summed E-state index contributed by atoms with van der Waals surface area (Å²) in [6, 6.07) is 6.80. The summed E-state index contributed by atoms with van der Waals surface area (Å²) in [5.41, 5.74) is 9.22. The number of likely N-dealkylation sites (N-methyl/N-ethyl adjacent to an activating group) is 1. The minimum absolute atomic E-state index is 0. The predicted octanol–water partition coefficient (Wildman–Crippen LogP) is 5.94. The lowest BCUT2D eigenvalue weighted by molar-refractivity contribution is -0.155. The first-order valence-corrected chi connectivity index (χ1v) is 24.6. The Bertz CT molecular complexity index is 2600. The highest BCUT2D eigenvalue weighted by Crippen LogP contribution is 2.42. The number of amides is 5. The van der Waals surface area contributed by atoms with Crippen LogP contribution in [0.1, 0.15) is 76.8 Å². The van der Waals surface area contributed by atoms with Crippen molar-refractivity contribution in [3.05, 3.63) is 70.8 Å². The number of thiazole rings is 1. The molecule has 6 bridgehead atoms. The number of morpholine rings is 1. The van der Waals surface area contributed by atoms with Gasteiger partial charge in [0.1, 0.15) is 18.1 Å². The molecule has 404 valence electrons. The number of aryl methyl sites for hydroxylation is 1. The number of nitrogens with one attached hydrogen (secondary N) is 2. The Labute approximate surface area is 468 Å². The molecular weight excluding hydrogens is 1050 g/mol. The van der Waals surface area contributed by atoms with E-state index >= 15 is 0 Å². The minimum Gasteiger partial charge on any atom is -0.464 e. The van der Waals surface area contributed by atoms with Crippen LogP contribution in [0.25, 0.3) is 33.4 Å². The number of pyridine rings is 1.